The summed E-state index contributed by atoms with van der Waals surface area (Å²) in [4.78, 5) is 37.1. The van der Waals surface area contributed by atoms with Crippen LogP contribution in [0, 0.1) is 0 Å². The van der Waals surface area contributed by atoms with Gasteiger partial charge in [0.05, 0.1) is 18.0 Å². The van der Waals surface area contributed by atoms with Crippen LogP contribution in [-0.4, -0.2) is 44.9 Å². The number of nitrogens with one attached hydrogen (secondary N) is 2. The van der Waals surface area contributed by atoms with E-state index in [1.807, 2.05) is 12.1 Å². The number of aromatic nitrogens is 2. The number of benzene rings is 2. The van der Waals surface area contributed by atoms with Crippen LogP contribution in [0.15, 0.2) is 77.5 Å². The minimum Gasteiger partial charge on any atom is -0.480 e. The topological polar surface area (TPSA) is 117 Å². The first kappa shape index (κ1) is 25.3. The van der Waals surface area contributed by atoms with E-state index in [1.54, 1.807) is 54.7 Å². The Morgan fingerprint density at radius 1 is 1.16 bits per heavy atom. The molecule has 2 heterocycles. The minimum absolute atomic E-state index is 0.281. The number of alkyl halides is 1. The molecule has 2 atom stereocenters. The van der Waals surface area contributed by atoms with Gasteiger partial charge < -0.3 is 15.7 Å². The molecular weight excluding hydrogens is 509 g/mol. The molecule has 1 aliphatic carbocycles. The third kappa shape index (κ3) is 5.19. The highest BCUT2D eigenvalue weighted by atomic mass is 35.5. The van der Waals surface area contributed by atoms with Crippen LogP contribution in [-0.2, 0) is 11.3 Å². The lowest BCUT2D eigenvalue weighted by Crippen LogP contribution is -2.38. The molecule has 38 heavy (non-hydrogen) atoms. The summed E-state index contributed by atoms with van der Waals surface area (Å²) in [6, 6.07) is 10.9. The largest absolute Gasteiger partial charge is 0.480 e. The van der Waals surface area contributed by atoms with E-state index in [2.05, 4.69) is 15.6 Å². The zero-order valence-electron chi connectivity index (χ0n) is 20.3. The summed E-state index contributed by atoms with van der Waals surface area (Å²) in [7, 11) is 0. The molecule has 3 N–H and O–H groups in total. The number of allylic oxidation sites excluding steroid dienone is 4. The van der Waals surface area contributed by atoms with Gasteiger partial charge in [-0.15, -0.1) is 0 Å². The second-order valence-corrected chi connectivity index (χ2v) is 9.35. The smallest absolute Gasteiger partial charge is 0.325 e. The lowest BCUT2D eigenvalue weighted by Gasteiger charge is -2.18. The van der Waals surface area contributed by atoms with Crippen molar-refractivity contribution >= 4 is 40.8 Å². The molecule has 1 aromatic heterocycles. The number of rotatable bonds is 6. The average molecular weight is 532 g/mol. The number of anilines is 2. The molecule has 1 amide bonds. The quantitative estimate of drug-likeness (QED) is 0.399. The predicted octanol–water partition coefficient (Wildman–Crippen LogP) is 5.27. The number of carbonyl (C=O) groups excluding carboxylic acids is 1. The van der Waals surface area contributed by atoms with Crippen molar-refractivity contribution in [3.05, 3.63) is 94.2 Å². The van der Waals surface area contributed by atoms with Crippen molar-refractivity contribution in [2.45, 2.75) is 32.1 Å². The lowest BCUT2D eigenvalue weighted by molar-refractivity contribution is -0.138. The van der Waals surface area contributed by atoms with Crippen molar-refractivity contribution in [3.63, 3.8) is 0 Å². The van der Waals surface area contributed by atoms with Crippen LogP contribution in [0.4, 0.5) is 16.0 Å². The van der Waals surface area contributed by atoms with Crippen molar-refractivity contribution in [3.8, 4) is 11.3 Å². The highest BCUT2D eigenvalue weighted by molar-refractivity contribution is 6.31. The predicted molar refractivity (Wildman–Crippen MR) is 144 cm³/mol. The molecule has 5 rings (SSSR count). The Morgan fingerprint density at radius 2 is 1.95 bits per heavy atom. The van der Waals surface area contributed by atoms with Gasteiger partial charge in [0, 0.05) is 51.2 Å². The fraction of sp³-hybridized carbons (Fsp3) is 0.179. The molecule has 1 aliphatic heterocycles. The van der Waals surface area contributed by atoms with Crippen LogP contribution in [0.5, 0.6) is 0 Å². The second kappa shape index (κ2) is 10.5. The summed E-state index contributed by atoms with van der Waals surface area (Å²) in [5, 5.41) is 15.0. The highest BCUT2D eigenvalue weighted by Crippen LogP contribution is 2.35. The Bertz CT molecular complexity index is 1520. The van der Waals surface area contributed by atoms with E-state index in [0.29, 0.717) is 51.2 Å². The van der Waals surface area contributed by atoms with Gasteiger partial charge in [0.2, 0.25) is 5.95 Å². The summed E-state index contributed by atoms with van der Waals surface area (Å²) < 4.78 is 14.8. The van der Waals surface area contributed by atoms with Crippen LogP contribution in [0.3, 0.4) is 0 Å². The molecule has 2 aromatic carbocycles. The van der Waals surface area contributed by atoms with Crippen LogP contribution in [0.2, 0.25) is 5.02 Å². The molecule has 3 aromatic rings. The number of aliphatic imine (C=N–C) groups is 1. The standard InChI is InChI=1S/C28H23ClFN5O3/c1-15(27(37)38)33-26(36)16-6-9-19(10-7-16)34-28-32-14-17-13-31-25(21-4-2-3-5-23(21)30)22-12-18(29)8-11-20(22)24(17)35-28/h2-4,6-12,14-15,23H,5,13H2,1H3,(H,33,36)(H,37,38)(H,32,34,35)/t15-,23?/m0/s1. The summed E-state index contributed by atoms with van der Waals surface area (Å²) >= 11 is 6.33. The van der Waals surface area contributed by atoms with Crippen molar-refractivity contribution in [2.75, 3.05) is 5.32 Å². The molecule has 1 unspecified atom stereocenters. The van der Waals surface area contributed by atoms with Gasteiger partial charge in [-0.3, -0.25) is 14.6 Å². The Balaban J connectivity index is 1.43. The number of carboxylic acids is 1. The fourth-order valence-electron chi connectivity index (χ4n) is 4.24. The normalized spacial score (nSPS) is 16.8. The number of carboxylic acid groups (broad SMARTS) is 1. The number of hydrogen-bond donors (Lipinski definition) is 3. The maximum Gasteiger partial charge on any atom is 0.325 e. The fourth-order valence-corrected chi connectivity index (χ4v) is 4.41. The van der Waals surface area contributed by atoms with Gasteiger partial charge in [-0.1, -0.05) is 35.9 Å². The first-order valence-corrected chi connectivity index (χ1v) is 12.3. The van der Waals surface area contributed by atoms with Gasteiger partial charge in [-0.05, 0) is 43.3 Å². The number of aliphatic carboxylic acids is 1. The molecule has 192 valence electrons. The van der Waals surface area contributed by atoms with Crippen LogP contribution >= 0.6 is 11.6 Å². The van der Waals surface area contributed by atoms with Crippen LogP contribution in [0.1, 0.15) is 34.8 Å². The summed E-state index contributed by atoms with van der Waals surface area (Å²) in [6.07, 6.45) is 6.19. The van der Waals surface area contributed by atoms with Crippen molar-refractivity contribution in [2.24, 2.45) is 4.99 Å². The summed E-state index contributed by atoms with van der Waals surface area (Å²) in [5.74, 6) is -1.28. The molecule has 0 fully saturated rings. The minimum atomic E-state index is -1.16. The third-order valence-electron chi connectivity index (χ3n) is 6.25. The Morgan fingerprint density at radius 3 is 2.68 bits per heavy atom. The number of amides is 1. The van der Waals surface area contributed by atoms with Crippen molar-refractivity contribution in [1.29, 1.82) is 0 Å². The van der Waals surface area contributed by atoms with Gasteiger partial charge in [-0.2, -0.15) is 0 Å². The molecule has 2 aliphatic rings. The van der Waals surface area contributed by atoms with Crippen LogP contribution in [0.25, 0.3) is 11.3 Å². The van der Waals surface area contributed by atoms with Gasteiger partial charge >= 0.3 is 5.97 Å². The van der Waals surface area contributed by atoms with E-state index in [-0.39, 0.29) is 6.54 Å². The van der Waals surface area contributed by atoms with Gasteiger partial charge in [-0.25, -0.2) is 14.4 Å². The maximum atomic E-state index is 14.8. The number of halogens is 2. The Kier molecular flexibility index (Phi) is 7.02. The summed E-state index contributed by atoms with van der Waals surface area (Å²) in [6.45, 7) is 1.68. The SMILES string of the molecule is C[C@H](NC(=O)c1ccc(Nc2ncc3c(n2)-c2ccc(Cl)cc2C(C2=CC=CCC2F)=NC3)cc1)C(=O)O. The van der Waals surface area contributed by atoms with E-state index in [0.717, 1.165) is 11.1 Å². The van der Waals surface area contributed by atoms with E-state index >= 15 is 0 Å². The molecule has 10 heteroatoms. The highest BCUT2D eigenvalue weighted by Gasteiger charge is 2.26. The number of nitrogens with zero attached hydrogens (tertiary/aromatic N) is 3. The van der Waals surface area contributed by atoms with E-state index in [9.17, 15) is 14.0 Å². The molecular formula is C28H23ClFN5O3. The zero-order chi connectivity index (χ0) is 26.8. The molecule has 0 spiro atoms. The van der Waals surface area contributed by atoms with Crippen molar-refractivity contribution < 1.29 is 19.1 Å². The van der Waals surface area contributed by atoms with Gasteiger partial charge in [0.15, 0.2) is 0 Å². The second-order valence-electron chi connectivity index (χ2n) is 8.91. The summed E-state index contributed by atoms with van der Waals surface area (Å²) in [5.41, 5.74) is 4.94. The number of carbonyl (C=O) groups is 2. The molecule has 0 saturated carbocycles. The number of hydrogen-bond acceptors (Lipinski definition) is 6. The average Bonchev–Trinajstić information content (AvgIpc) is 3.05. The Labute approximate surface area is 223 Å². The maximum absolute atomic E-state index is 14.8. The monoisotopic (exact) mass is 531 g/mol. The third-order valence-corrected chi connectivity index (χ3v) is 6.49. The molecule has 0 bridgehead atoms. The first-order chi connectivity index (χ1) is 18.3. The van der Waals surface area contributed by atoms with E-state index in [4.69, 9.17) is 26.7 Å². The molecule has 0 radical (unpaired) electrons. The van der Waals surface area contributed by atoms with Gasteiger partial charge in [0.1, 0.15) is 12.2 Å². The van der Waals surface area contributed by atoms with Crippen LogP contribution < -0.4 is 10.6 Å². The van der Waals surface area contributed by atoms with E-state index < -0.39 is 24.1 Å². The van der Waals surface area contributed by atoms with Gasteiger partial charge in [0.25, 0.3) is 5.91 Å². The molecule has 0 saturated heterocycles. The van der Waals surface area contributed by atoms with Crippen molar-refractivity contribution in [1.82, 2.24) is 15.3 Å². The number of fused-ring (bicyclic) bond motifs is 3. The first-order valence-electron chi connectivity index (χ1n) is 11.9. The van der Waals surface area contributed by atoms with E-state index in [1.165, 1.54) is 6.92 Å². The zero-order valence-corrected chi connectivity index (χ0v) is 21.0. The molecule has 8 nitrogen and oxygen atoms in total. The lowest BCUT2D eigenvalue weighted by atomic mass is 9.90. The Hall–Kier alpha value is -4.37.